The number of pyridine rings is 1. The normalized spacial score (nSPS) is 12.0. The maximum Gasteiger partial charge on any atom is 0.152 e. The SMILES string of the molecule is CCOCc1nc2c(N)nc3cc(OCCOCc4ccccc4)ccc3c2n1CC(C)(C)O. The van der Waals surface area contributed by atoms with Gasteiger partial charge in [-0.2, -0.15) is 0 Å². The minimum atomic E-state index is -0.943. The number of hydrogen-bond acceptors (Lipinski definition) is 7. The lowest BCUT2D eigenvalue weighted by molar-refractivity contribution is 0.0582. The first-order chi connectivity index (χ1) is 16.4. The molecule has 0 atom stereocenters. The topological polar surface area (TPSA) is 105 Å². The van der Waals surface area contributed by atoms with Crippen molar-refractivity contribution in [3.05, 3.63) is 59.9 Å². The summed E-state index contributed by atoms with van der Waals surface area (Å²) in [5.74, 6) is 1.72. The van der Waals surface area contributed by atoms with Gasteiger partial charge >= 0.3 is 0 Å². The number of fused-ring (bicyclic) bond motifs is 3. The third-order valence-corrected chi connectivity index (χ3v) is 5.34. The lowest BCUT2D eigenvalue weighted by Gasteiger charge is -2.20. The zero-order valence-electron chi connectivity index (χ0n) is 20.0. The maximum absolute atomic E-state index is 10.5. The zero-order chi connectivity index (χ0) is 24.1. The molecule has 0 unspecified atom stereocenters. The molecule has 0 aliphatic carbocycles. The molecule has 8 heteroatoms. The molecule has 2 aromatic carbocycles. The van der Waals surface area contributed by atoms with Crippen molar-refractivity contribution in [1.82, 2.24) is 14.5 Å². The van der Waals surface area contributed by atoms with Crippen LogP contribution in [0.25, 0.3) is 21.9 Å². The summed E-state index contributed by atoms with van der Waals surface area (Å²) in [6, 6.07) is 15.8. The molecule has 0 fully saturated rings. The summed E-state index contributed by atoms with van der Waals surface area (Å²) in [5, 5.41) is 11.4. The first-order valence-corrected chi connectivity index (χ1v) is 11.5. The van der Waals surface area contributed by atoms with Crippen molar-refractivity contribution in [3.8, 4) is 5.75 Å². The van der Waals surface area contributed by atoms with Crippen LogP contribution >= 0.6 is 0 Å². The maximum atomic E-state index is 10.5. The van der Waals surface area contributed by atoms with E-state index in [0.717, 1.165) is 16.5 Å². The average molecular weight is 465 g/mol. The third-order valence-electron chi connectivity index (χ3n) is 5.34. The van der Waals surface area contributed by atoms with E-state index in [-0.39, 0.29) is 0 Å². The van der Waals surface area contributed by atoms with E-state index >= 15 is 0 Å². The Morgan fingerprint density at radius 1 is 1.00 bits per heavy atom. The molecule has 4 aromatic rings. The number of anilines is 1. The Kier molecular flexibility index (Phi) is 7.31. The van der Waals surface area contributed by atoms with Crippen molar-refractivity contribution in [1.29, 1.82) is 0 Å². The summed E-state index contributed by atoms with van der Waals surface area (Å²) in [7, 11) is 0. The van der Waals surface area contributed by atoms with Crippen molar-refractivity contribution < 1.29 is 19.3 Å². The lowest BCUT2D eigenvalue weighted by atomic mass is 10.1. The van der Waals surface area contributed by atoms with Gasteiger partial charge in [0.1, 0.15) is 30.3 Å². The van der Waals surface area contributed by atoms with Crippen molar-refractivity contribution >= 4 is 27.8 Å². The summed E-state index contributed by atoms with van der Waals surface area (Å²) in [6.45, 7) is 8.15. The van der Waals surface area contributed by atoms with E-state index in [1.165, 1.54) is 0 Å². The highest BCUT2D eigenvalue weighted by Gasteiger charge is 2.22. The molecule has 0 spiro atoms. The van der Waals surface area contributed by atoms with E-state index in [1.54, 1.807) is 13.8 Å². The van der Waals surface area contributed by atoms with E-state index in [9.17, 15) is 5.11 Å². The van der Waals surface area contributed by atoms with Crippen molar-refractivity contribution in [2.45, 2.75) is 46.1 Å². The van der Waals surface area contributed by atoms with Crippen LogP contribution in [0.15, 0.2) is 48.5 Å². The zero-order valence-corrected chi connectivity index (χ0v) is 20.0. The predicted molar refractivity (Wildman–Crippen MR) is 133 cm³/mol. The van der Waals surface area contributed by atoms with Crippen LogP contribution in [0.4, 0.5) is 5.82 Å². The van der Waals surface area contributed by atoms with Gasteiger partial charge in [0, 0.05) is 18.1 Å². The van der Waals surface area contributed by atoms with Crippen molar-refractivity contribution in [2.75, 3.05) is 25.6 Å². The number of nitrogens with two attached hydrogens (primary N) is 1. The Balaban J connectivity index is 1.56. The number of aliphatic hydroxyl groups is 1. The second-order valence-corrected chi connectivity index (χ2v) is 8.82. The standard InChI is InChI=1S/C26H32N4O4/c1-4-32-16-22-29-23-24(30(22)17-26(2,3)31)20-11-10-19(14-21(20)28-25(23)27)34-13-12-33-15-18-8-6-5-7-9-18/h5-11,14,31H,4,12-13,15-17H2,1-3H3,(H2,27,28). The van der Waals surface area contributed by atoms with Crippen molar-refractivity contribution in [3.63, 3.8) is 0 Å². The molecule has 2 heterocycles. The number of benzene rings is 2. The molecule has 0 aliphatic rings. The summed E-state index contributed by atoms with van der Waals surface area (Å²) in [5.41, 5.74) is 8.61. The molecule has 8 nitrogen and oxygen atoms in total. The van der Waals surface area contributed by atoms with Crippen LogP contribution in [0, 0.1) is 0 Å². The van der Waals surface area contributed by atoms with E-state index in [4.69, 9.17) is 24.9 Å². The van der Waals surface area contributed by atoms with Crippen LogP contribution in [-0.2, 0) is 29.2 Å². The smallest absolute Gasteiger partial charge is 0.152 e. The van der Waals surface area contributed by atoms with E-state index in [2.05, 4.69) is 4.98 Å². The average Bonchev–Trinajstić information content (AvgIpc) is 3.15. The second kappa shape index (κ2) is 10.4. The molecule has 0 aliphatic heterocycles. The molecule has 0 amide bonds. The first kappa shape index (κ1) is 23.9. The minimum Gasteiger partial charge on any atom is -0.491 e. The van der Waals surface area contributed by atoms with Gasteiger partial charge in [-0.25, -0.2) is 9.97 Å². The van der Waals surface area contributed by atoms with Gasteiger partial charge in [0.25, 0.3) is 0 Å². The largest absolute Gasteiger partial charge is 0.491 e. The van der Waals surface area contributed by atoms with Crippen molar-refractivity contribution in [2.24, 2.45) is 0 Å². The van der Waals surface area contributed by atoms with Gasteiger partial charge in [-0.15, -0.1) is 0 Å². The Hall–Kier alpha value is -3.20. The number of rotatable bonds is 11. The Morgan fingerprint density at radius 3 is 2.53 bits per heavy atom. The molecule has 2 aromatic heterocycles. The Bertz CT molecular complexity index is 1250. The van der Waals surface area contributed by atoms with Crippen LogP contribution < -0.4 is 10.5 Å². The quantitative estimate of drug-likeness (QED) is 0.322. The van der Waals surface area contributed by atoms with Crippen LogP contribution in [0.1, 0.15) is 32.2 Å². The molecule has 0 radical (unpaired) electrons. The van der Waals surface area contributed by atoms with E-state index < -0.39 is 5.60 Å². The molecule has 34 heavy (non-hydrogen) atoms. The number of ether oxygens (including phenoxy) is 3. The summed E-state index contributed by atoms with van der Waals surface area (Å²) >= 11 is 0. The van der Waals surface area contributed by atoms with Gasteiger partial charge in [0.05, 0.1) is 36.4 Å². The summed E-state index contributed by atoms with van der Waals surface area (Å²) < 4.78 is 19.2. The van der Waals surface area contributed by atoms with Crippen LogP contribution in [0.3, 0.4) is 0 Å². The second-order valence-electron chi connectivity index (χ2n) is 8.82. The Labute approximate surface area is 199 Å². The Morgan fingerprint density at radius 2 is 1.79 bits per heavy atom. The van der Waals surface area contributed by atoms with Crippen LogP contribution in [-0.4, -0.2) is 45.1 Å². The molecule has 0 bridgehead atoms. The molecular weight excluding hydrogens is 432 g/mol. The lowest BCUT2D eigenvalue weighted by Crippen LogP contribution is -2.27. The van der Waals surface area contributed by atoms with Gasteiger partial charge in [-0.05, 0) is 38.5 Å². The van der Waals surface area contributed by atoms with Crippen LogP contribution in [0.2, 0.25) is 0 Å². The molecule has 0 saturated heterocycles. The molecule has 3 N–H and O–H groups in total. The highest BCUT2D eigenvalue weighted by atomic mass is 16.5. The fourth-order valence-electron chi connectivity index (χ4n) is 3.87. The predicted octanol–water partition coefficient (Wildman–Crippen LogP) is 4.07. The summed E-state index contributed by atoms with van der Waals surface area (Å²) in [6.07, 6.45) is 0. The molecular formula is C26H32N4O4. The van der Waals surface area contributed by atoms with Gasteiger partial charge in [-0.1, -0.05) is 30.3 Å². The number of nitrogens with zero attached hydrogens (tertiary/aromatic N) is 3. The number of hydrogen-bond donors (Lipinski definition) is 2. The van der Waals surface area contributed by atoms with Gasteiger partial charge in [-0.3, -0.25) is 0 Å². The molecule has 4 rings (SSSR count). The highest BCUT2D eigenvalue weighted by Crippen LogP contribution is 2.32. The first-order valence-electron chi connectivity index (χ1n) is 11.5. The molecule has 180 valence electrons. The number of aromatic nitrogens is 3. The fourth-order valence-corrected chi connectivity index (χ4v) is 3.87. The van der Waals surface area contributed by atoms with Crippen LogP contribution in [0.5, 0.6) is 5.75 Å². The monoisotopic (exact) mass is 464 g/mol. The minimum absolute atomic E-state index is 0.326. The fraction of sp³-hybridized carbons (Fsp3) is 0.385. The number of nitrogen functional groups attached to an aromatic ring is 1. The highest BCUT2D eigenvalue weighted by molar-refractivity contribution is 6.06. The molecule has 0 saturated carbocycles. The van der Waals surface area contributed by atoms with E-state index in [0.29, 0.717) is 68.0 Å². The summed E-state index contributed by atoms with van der Waals surface area (Å²) in [4.78, 5) is 9.26. The van der Waals surface area contributed by atoms with E-state index in [1.807, 2.05) is 60.0 Å². The van der Waals surface area contributed by atoms with Gasteiger partial charge in [0.2, 0.25) is 0 Å². The van der Waals surface area contributed by atoms with Gasteiger partial charge in [0.15, 0.2) is 5.82 Å². The number of imidazole rings is 1. The van der Waals surface area contributed by atoms with Gasteiger partial charge < -0.3 is 29.6 Å². The third kappa shape index (κ3) is 5.64.